The second-order valence-electron chi connectivity index (χ2n) is 5.38. The maximum atomic E-state index is 13.0. The molecule has 2 amide bonds. The summed E-state index contributed by atoms with van der Waals surface area (Å²) in [5.74, 6) is -3.16. The largest absolute Gasteiger partial charge is 0.465 e. The van der Waals surface area contributed by atoms with Gasteiger partial charge in [0.05, 0.1) is 12.3 Å². The average Bonchev–Trinajstić information content (AvgIpc) is 2.54. The summed E-state index contributed by atoms with van der Waals surface area (Å²) in [4.78, 5) is 39.1. The number of rotatable bonds is 3. The molecule has 1 heterocycles. The highest BCUT2D eigenvalue weighted by Gasteiger charge is 2.44. The first kappa shape index (κ1) is 17.5. The molecule has 0 spiro atoms. The zero-order valence-electron chi connectivity index (χ0n) is 13.2. The molecule has 2 aromatic carbocycles. The first-order chi connectivity index (χ1) is 11.9. The highest BCUT2D eigenvalue weighted by Crippen LogP contribution is 2.35. The Hall–Kier alpha value is -2.37. The highest BCUT2D eigenvalue weighted by atomic mass is 35.5. The molecule has 3 rings (SSSR count). The van der Waals surface area contributed by atoms with Crippen molar-refractivity contribution in [2.45, 2.75) is 12.8 Å². The highest BCUT2D eigenvalue weighted by molar-refractivity contribution is 6.36. The van der Waals surface area contributed by atoms with E-state index in [9.17, 15) is 14.4 Å². The number of carbonyl (C=O) groups is 3. The number of benzene rings is 2. The number of halogens is 2. The summed E-state index contributed by atoms with van der Waals surface area (Å²) in [6.07, 6.45) is 0. The van der Waals surface area contributed by atoms with E-state index in [1.165, 1.54) is 18.2 Å². The lowest BCUT2D eigenvalue weighted by Gasteiger charge is -2.31. The van der Waals surface area contributed by atoms with E-state index in [-0.39, 0.29) is 27.9 Å². The molecule has 7 heteroatoms. The number of imide groups is 1. The molecule has 1 aliphatic rings. The SMILES string of the molecule is CCOC(=O)C1C(=O)N(c2cc(Cl)cc(Cl)c2)C(=O)c2ccccc21. The quantitative estimate of drug-likeness (QED) is 0.463. The molecule has 0 saturated heterocycles. The van der Waals surface area contributed by atoms with E-state index in [1.807, 2.05) is 0 Å². The Morgan fingerprint density at radius 1 is 1.12 bits per heavy atom. The number of hydrogen-bond donors (Lipinski definition) is 0. The Bertz CT molecular complexity index is 861. The van der Waals surface area contributed by atoms with Crippen molar-refractivity contribution in [2.24, 2.45) is 0 Å². The van der Waals surface area contributed by atoms with Crippen LogP contribution in [0.15, 0.2) is 42.5 Å². The average molecular weight is 378 g/mol. The monoisotopic (exact) mass is 377 g/mol. The number of esters is 1. The number of ether oxygens (including phenoxy) is 1. The first-order valence-electron chi connectivity index (χ1n) is 7.54. The summed E-state index contributed by atoms with van der Waals surface area (Å²) >= 11 is 12.0. The van der Waals surface area contributed by atoms with Gasteiger partial charge in [0.15, 0.2) is 5.92 Å². The third-order valence-electron chi connectivity index (χ3n) is 3.80. The predicted octanol–water partition coefficient (Wildman–Crippen LogP) is 3.83. The Labute approximate surface area is 154 Å². The maximum absolute atomic E-state index is 13.0. The van der Waals surface area contributed by atoms with Gasteiger partial charge in [-0.05, 0) is 36.8 Å². The van der Waals surface area contributed by atoms with Crippen molar-refractivity contribution in [3.63, 3.8) is 0 Å². The van der Waals surface area contributed by atoms with Crippen molar-refractivity contribution in [3.8, 4) is 0 Å². The van der Waals surface area contributed by atoms with E-state index in [2.05, 4.69) is 0 Å². The minimum atomic E-state index is -1.22. The lowest BCUT2D eigenvalue weighted by atomic mass is 9.88. The smallest absolute Gasteiger partial charge is 0.323 e. The molecule has 0 radical (unpaired) electrons. The van der Waals surface area contributed by atoms with E-state index >= 15 is 0 Å². The van der Waals surface area contributed by atoms with Gasteiger partial charge in [-0.2, -0.15) is 0 Å². The van der Waals surface area contributed by atoms with Crippen LogP contribution in [0, 0.1) is 0 Å². The van der Waals surface area contributed by atoms with E-state index in [1.54, 1.807) is 31.2 Å². The molecular weight excluding hydrogens is 365 g/mol. The van der Waals surface area contributed by atoms with E-state index < -0.39 is 23.7 Å². The molecule has 1 unspecified atom stereocenters. The number of hydrogen-bond acceptors (Lipinski definition) is 4. The number of amides is 2. The van der Waals surface area contributed by atoms with Crippen LogP contribution in [0.25, 0.3) is 0 Å². The molecule has 1 atom stereocenters. The van der Waals surface area contributed by atoms with Crippen LogP contribution in [-0.4, -0.2) is 24.4 Å². The fraction of sp³-hybridized carbons (Fsp3) is 0.167. The van der Waals surface area contributed by atoms with Gasteiger partial charge in [-0.25, -0.2) is 4.90 Å². The molecule has 128 valence electrons. The van der Waals surface area contributed by atoms with Crippen LogP contribution in [0.4, 0.5) is 5.69 Å². The fourth-order valence-corrected chi connectivity index (χ4v) is 3.31. The lowest BCUT2D eigenvalue weighted by molar-refractivity contribution is -0.147. The minimum Gasteiger partial charge on any atom is -0.465 e. The third-order valence-corrected chi connectivity index (χ3v) is 4.24. The van der Waals surface area contributed by atoms with Crippen molar-refractivity contribution in [1.29, 1.82) is 0 Å². The molecule has 1 aliphatic heterocycles. The molecule has 0 saturated carbocycles. The number of nitrogens with zero attached hydrogens (tertiary/aromatic N) is 1. The van der Waals surface area contributed by atoms with Crippen LogP contribution in [0.3, 0.4) is 0 Å². The van der Waals surface area contributed by atoms with Crippen LogP contribution in [0.1, 0.15) is 28.8 Å². The van der Waals surface area contributed by atoms with Gasteiger partial charge >= 0.3 is 5.97 Å². The molecule has 0 fully saturated rings. The van der Waals surface area contributed by atoms with Gasteiger partial charge < -0.3 is 4.74 Å². The number of anilines is 1. The van der Waals surface area contributed by atoms with Crippen molar-refractivity contribution in [2.75, 3.05) is 11.5 Å². The van der Waals surface area contributed by atoms with Crippen molar-refractivity contribution >= 4 is 46.7 Å². The van der Waals surface area contributed by atoms with Gasteiger partial charge in [-0.3, -0.25) is 14.4 Å². The Balaban J connectivity index is 2.17. The molecular formula is C18H13Cl2NO4. The zero-order valence-corrected chi connectivity index (χ0v) is 14.7. The molecule has 2 aromatic rings. The predicted molar refractivity (Wildman–Crippen MR) is 94.1 cm³/mol. The van der Waals surface area contributed by atoms with Gasteiger partial charge in [0, 0.05) is 15.6 Å². The summed E-state index contributed by atoms with van der Waals surface area (Å²) < 4.78 is 5.03. The molecule has 0 N–H and O–H groups in total. The molecule has 25 heavy (non-hydrogen) atoms. The second-order valence-corrected chi connectivity index (χ2v) is 6.25. The van der Waals surface area contributed by atoms with E-state index in [0.717, 1.165) is 4.90 Å². The van der Waals surface area contributed by atoms with Crippen molar-refractivity contribution in [3.05, 3.63) is 63.6 Å². The standard InChI is InChI=1S/C18H13Cl2NO4/c1-2-25-18(24)15-13-5-3-4-6-14(13)16(22)21(17(15)23)12-8-10(19)7-11(20)9-12/h3-9,15H,2H2,1H3. The first-order valence-corrected chi connectivity index (χ1v) is 8.29. The summed E-state index contributed by atoms with van der Waals surface area (Å²) in [6.45, 7) is 1.78. The Morgan fingerprint density at radius 2 is 1.76 bits per heavy atom. The Kier molecular flexibility index (Phi) is 4.79. The molecule has 0 bridgehead atoms. The van der Waals surface area contributed by atoms with E-state index in [0.29, 0.717) is 5.56 Å². The van der Waals surface area contributed by atoms with E-state index in [4.69, 9.17) is 27.9 Å². The lowest BCUT2D eigenvalue weighted by Crippen LogP contribution is -2.47. The summed E-state index contributed by atoms with van der Waals surface area (Å²) in [5.41, 5.74) is 0.799. The topological polar surface area (TPSA) is 63.7 Å². The van der Waals surface area contributed by atoms with Gasteiger partial charge in [0.2, 0.25) is 0 Å². The Morgan fingerprint density at radius 3 is 2.40 bits per heavy atom. The maximum Gasteiger partial charge on any atom is 0.323 e. The van der Waals surface area contributed by atoms with Crippen molar-refractivity contribution in [1.82, 2.24) is 0 Å². The summed E-state index contributed by atoms with van der Waals surface area (Å²) in [6, 6.07) is 10.8. The minimum absolute atomic E-state index is 0.127. The third kappa shape index (κ3) is 3.13. The van der Waals surface area contributed by atoms with Crippen LogP contribution < -0.4 is 4.90 Å². The normalized spacial score (nSPS) is 16.6. The molecule has 0 aliphatic carbocycles. The van der Waals surface area contributed by atoms with Crippen LogP contribution >= 0.6 is 23.2 Å². The van der Waals surface area contributed by atoms with Crippen LogP contribution in [-0.2, 0) is 14.3 Å². The van der Waals surface area contributed by atoms with Gasteiger partial charge in [-0.1, -0.05) is 41.4 Å². The van der Waals surface area contributed by atoms with Crippen LogP contribution in [0.5, 0.6) is 0 Å². The van der Waals surface area contributed by atoms with Crippen LogP contribution in [0.2, 0.25) is 10.0 Å². The van der Waals surface area contributed by atoms with Gasteiger partial charge in [0.1, 0.15) is 0 Å². The fourth-order valence-electron chi connectivity index (χ4n) is 2.79. The van der Waals surface area contributed by atoms with Gasteiger partial charge in [0.25, 0.3) is 11.8 Å². The summed E-state index contributed by atoms with van der Waals surface area (Å²) in [5, 5.41) is 0.546. The number of carbonyl (C=O) groups excluding carboxylic acids is 3. The number of fused-ring (bicyclic) bond motifs is 1. The second kappa shape index (κ2) is 6.86. The zero-order chi connectivity index (χ0) is 18.1. The van der Waals surface area contributed by atoms with Crippen molar-refractivity contribution < 1.29 is 19.1 Å². The molecule has 0 aromatic heterocycles. The molecule has 5 nitrogen and oxygen atoms in total. The van der Waals surface area contributed by atoms with Gasteiger partial charge in [-0.15, -0.1) is 0 Å². The summed E-state index contributed by atoms with van der Waals surface area (Å²) in [7, 11) is 0.